The molecule has 2 aliphatic heterocycles. The van der Waals surface area contributed by atoms with Crippen LogP contribution in [-0.4, -0.2) is 22.9 Å². The Balaban J connectivity index is 1.45. The smallest absolute Gasteiger partial charge is 0.262 e. The van der Waals surface area contributed by atoms with E-state index in [1.165, 1.54) is 0 Å². The van der Waals surface area contributed by atoms with Crippen molar-refractivity contribution in [3.05, 3.63) is 114 Å². The summed E-state index contributed by atoms with van der Waals surface area (Å²) >= 11 is 0. The number of carbonyl (C=O) groups excluding carboxylic acids is 1. The molecule has 182 valence electrons. The minimum Gasteiger partial charge on any atom is -0.489 e. The molecule has 3 aromatic carbocycles. The maximum Gasteiger partial charge on any atom is 0.262 e. The Morgan fingerprint density at radius 3 is 2.68 bits per heavy atom. The van der Waals surface area contributed by atoms with Crippen LogP contribution < -0.4 is 10.5 Å². The zero-order valence-electron chi connectivity index (χ0n) is 20.2. The summed E-state index contributed by atoms with van der Waals surface area (Å²) in [7, 11) is 0. The van der Waals surface area contributed by atoms with Gasteiger partial charge in [-0.15, -0.1) is 0 Å². The van der Waals surface area contributed by atoms with Crippen molar-refractivity contribution in [1.82, 2.24) is 4.90 Å². The van der Waals surface area contributed by atoms with Crippen LogP contribution in [0.25, 0.3) is 11.1 Å². The molecule has 0 aromatic heterocycles. The average Bonchev–Trinajstić information content (AvgIpc) is 3.18. The average molecular weight is 487 g/mol. The summed E-state index contributed by atoms with van der Waals surface area (Å²) in [5, 5.41) is 9.37. The van der Waals surface area contributed by atoms with Crippen LogP contribution >= 0.6 is 0 Å². The molecule has 37 heavy (non-hydrogen) atoms. The van der Waals surface area contributed by atoms with Crippen molar-refractivity contribution in [2.75, 3.05) is 0 Å². The number of amides is 1. The third-order valence-corrected chi connectivity index (χ3v) is 7.38. The van der Waals surface area contributed by atoms with E-state index in [9.17, 15) is 10.1 Å². The number of fused-ring (bicyclic) bond motifs is 2. The highest BCUT2D eigenvalue weighted by Gasteiger charge is 2.55. The number of aliphatic imine (C=N–C) groups is 1. The van der Waals surface area contributed by atoms with Crippen molar-refractivity contribution < 1.29 is 9.53 Å². The Hall–Kier alpha value is -4.63. The van der Waals surface area contributed by atoms with Crippen LogP contribution in [0.15, 0.2) is 102 Å². The number of guanidine groups is 1. The van der Waals surface area contributed by atoms with Gasteiger partial charge in [-0.25, -0.2) is 4.99 Å². The maximum absolute atomic E-state index is 14.2. The Labute approximate surface area is 216 Å². The van der Waals surface area contributed by atoms with Gasteiger partial charge in [0, 0.05) is 17.9 Å². The SMILES string of the molecule is N#Cc1cccc(-c2ccc3c(c2)[C@@]2(C[C@H](C4C=CC=CC4)O3)N=C(N)N(Cc3ccccc3)C2=O)c1. The van der Waals surface area contributed by atoms with E-state index in [0.29, 0.717) is 29.8 Å². The predicted molar refractivity (Wildman–Crippen MR) is 142 cm³/mol. The van der Waals surface area contributed by atoms with Crippen LogP contribution in [0.1, 0.15) is 29.5 Å². The third-order valence-electron chi connectivity index (χ3n) is 7.38. The minimum atomic E-state index is -1.17. The second-order valence-electron chi connectivity index (χ2n) is 9.68. The minimum absolute atomic E-state index is 0.134. The number of nitrogens with two attached hydrogens (primary N) is 1. The Morgan fingerprint density at radius 2 is 1.89 bits per heavy atom. The van der Waals surface area contributed by atoms with Crippen LogP contribution in [0, 0.1) is 17.2 Å². The number of benzene rings is 3. The molecule has 6 rings (SSSR count). The van der Waals surface area contributed by atoms with Crippen LogP contribution in [0.4, 0.5) is 0 Å². The van der Waals surface area contributed by atoms with E-state index < -0.39 is 5.54 Å². The quantitative estimate of drug-likeness (QED) is 0.558. The van der Waals surface area contributed by atoms with Crippen LogP contribution in [0.3, 0.4) is 0 Å². The summed E-state index contributed by atoms with van der Waals surface area (Å²) in [5.41, 5.74) is 9.32. The molecule has 1 aliphatic carbocycles. The lowest BCUT2D eigenvalue weighted by Gasteiger charge is -2.39. The predicted octanol–water partition coefficient (Wildman–Crippen LogP) is 5.06. The highest BCUT2D eigenvalue weighted by molar-refractivity contribution is 6.07. The topological polar surface area (TPSA) is 91.7 Å². The zero-order valence-corrected chi connectivity index (χ0v) is 20.2. The van der Waals surface area contributed by atoms with Gasteiger partial charge in [0.25, 0.3) is 5.91 Å². The summed E-state index contributed by atoms with van der Waals surface area (Å²) in [4.78, 5) is 20.7. The van der Waals surface area contributed by atoms with Gasteiger partial charge in [-0.3, -0.25) is 9.69 Å². The first-order chi connectivity index (χ1) is 18.1. The fraction of sp³-hybridized carbons (Fsp3) is 0.194. The van der Waals surface area contributed by atoms with Crippen molar-refractivity contribution in [2.45, 2.75) is 31.0 Å². The molecule has 0 radical (unpaired) electrons. The van der Waals surface area contributed by atoms with E-state index >= 15 is 0 Å². The van der Waals surface area contributed by atoms with Crippen molar-refractivity contribution >= 4 is 11.9 Å². The summed E-state index contributed by atoms with van der Waals surface area (Å²) in [6, 6.07) is 25.3. The number of allylic oxidation sites excluding steroid dienone is 3. The molecule has 2 N–H and O–H groups in total. The van der Waals surface area contributed by atoms with Crippen LogP contribution in [0.5, 0.6) is 5.75 Å². The fourth-order valence-electron chi connectivity index (χ4n) is 5.48. The second-order valence-corrected chi connectivity index (χ2v) is 9.68. The Bertz CT molecular complexity index is 1500. The molecule has 0 fully saturated rings. The van der Waals surface area contributed by atoms with Crippen molar-refractivity contribution in [1.29, 1.82) is 5.26 Å². The number of nitriles is 1. The summed E-state index contributed by atoms with van der Waals surface area (Å²) in [6.07, 6.45) is 9.33. The molecule has 3 aliphatic rings. The number of rotatable bonds is 4. The maximum atomic E-state index is 14.2. The first-order valence-corrected chi connectivity index (χ1v) is 12.4. The molecule has 1 spiro atoms. The lowest BCUT2D eigenvalue weighted by molar-refractivity contribution is -0.134. The molecule has 0 saturated heterocycles. The van der Waals surface area contributed by atoms with Gasteiger partial charge in [-0.1, -0.05) is 72.8 Å². The fourth-order valence-corrected chi connectivity index (χ4v) is 5.48. The van der Waals surface area contributed by atoms with Gasteiger partial charge in [0.15, 0.2) is 11.5 Å². The number of ether oxygens (including phenoxy) is 1. The third kappa shape index (κ3) is 3.99. The second kappa shape index (κ2) is 9.11. The molecule has 2 heterocycles. The largest absolute Gasteiger partial charge is 0.489 e. The molecular weight excluding hydrogens is 460 g/mol. The number of hydrogen-bond donors (Lipinski definition) is 1. The Kier molecular flexibility index (Phi) is 5.61. The van der Waals surface area contributed by atoms with Gasteiger partial charge in [0.1, 0.15) is 11.9 Å². The van der Waals surface area contributed by atoms with Crippen molar-refractivity contribution in [3.63, 3.8) is 0 Å². The highest BCUT2D eigenvalue weighted by atomic mass is 16.5. The molecule has 1 unspecified atom stereocenters. The van der Waals surface area contributed by atoms with Crippen LogP contribution in [-0.2, 0) is 16.9 Å². The molecule has 1 amide bonds. The van der Waals surface area contributed by atoms with E-state index in [1.807, 2.05) is 78.9 Å². The molecular formula is C31H26N4O2. The van der Waals surface area contributed by atoms with E-state index in [2.05, 4.69) is 18.2 Å². The molecule has 3 atom stereocenters. The normalized spacial score (nSPS) is 23.9. The summed E-state index contributed by atoms with van der Waals surface area (Å²) in [5.74, 6) is 0.860. The van der Waals surface area contributed by atoms with E-state index in [4.69, 9.17) is 15.5 Å². The molecule has 6 nitrogen and oxygen atoms in total. The van der Waals surface area contributed by atoms with E-state index in [-0.39, 0.29) is 23.9 Å². The van der Waals surface area contributed by atoms with Crippen molar-refractivity contribution in [2.24, 2.45) is 16.6 Å². The molecule has 6 heteroatoms. The monoisotopic (exact) mass is 486 g/mol. The lowest BCUT2D eigenvalue weighted by Crippen LogP contribution is -2.48. The number of hydrogen-bond acceptors (Lipinski definition) is 5. The number of carbonyl (C=O) groups is 1. The van der Waals surface area contributed by atoms with E-state index in [0.717, 1.165) is 23.1 Å². The molecule has 0 saturated carbocycles. The zero-order chi connectivity index (χ0) is 25.4. The first kappa shape index (κ1) is 22.8. The van der Waals surface area contributed by atoms with Gasteiger partial charge in [0.05, 0.1) is 18.2 Å². The van der Waals surface area contributed by atoms with Gasteiger partial charge >= 0.3 is 0 Å². The Morgan fingerprint density at radius 1 is 1.05 bits per heavy atom. The highest BCUT2D eigenvalue weighted by Crippen LogP contribution is 2.49. The summed E-state index contributed by atoms with van der Waals surface area (Å²) in [6.45, 7) is 0.355. The first-order valence-electron chi connectivity index (χ1n) is 12.4. The van der Waals surface area contributed by atoms with E-state index in [1.54, 1.807) is 11.0 Å². The van der Waals surface area contributed by atoms with Crippen LogP contribution in [0.2, 0.25) is 0 Å². The van der Waals surface area contributed by atoms with Gasteiger partial charge in [-0.05, 0) is 47.4 Å². The standard InChI is InChI=1S/C31H26N4O2/c32-19-22-10-7-13-24(16-22)25-14-15-27-26(17-25)31(18-28(37-27)23-11-5-2-6-12-23)29(36)35(30(33)34-31)20-21-8-3-1-4-9-21/h1-11,13-17,23,28H,12,18,20H2,(H2,33,34)/t23?,28-,31-/m1/s1. The lowest BCUT2D eigenvalue weighted by atomic mass is 9.76. The molecule has 3 aromatic rings. The van der Waals surface area contributed by atoms with Crippen molar-refractivity contribution in [3.8, 4) is 22.9 Å². The van der Waals surface area contributed by atoms with Gasteiger partial charge in [0.2, 0.25) is 0 Å². The summed E-state index contributed by atoms with van der Waals surface area (Å²) < 4.78 is 6.51. The molecule has 0 bridgehead atoms. The van der Waals surface area contributed by atoms with Gasteiger partial charge < -0.3 is 10.5 Å². The van der Waals surface area contributed by atoms with Gasteiger partial charge in [-0.2, -0.15) is 5.26 Å². The number of nitrogens with zero attached hydrogens (tertiary/aromatic N) is 3.